The highest BCUT2D eigenvalue weighted by Gasteiger charge is 2.16. The highest BCUT2D eigenvalue weighted by atomic mass is 79.9. The fourth-order valence-electron chi connectivity index (χ4n) is 1.85. The average Bonchev–Trinajstić information content (AvgIpc) is 2.45. The number of nitrogens with one attached hydrogen (secondary N) is 1. The van der Waals surface area contributed by atoms with Crippen LogP contribution in [0.3, 0.4) is 0 Å². The van der Waals surface area contributed by atoms with Crippen LogP contribution in [0, 0.1) is 0 Å². The molecule has 0 unspecified atom stereocenters. The molecule has 1 aliphatic heterocycles. The van der Waals surface area contributed by atoms with E-state index in [2.05, 4.69) is 39.1 Å². The Kier molecular flexibility index (Phi) is 6.05. The summed E-state index contributed by atoms with van der Waals surface area (Å²) in [4.78, 5) is 3.80. The van der Waals surface area contributed by atoms with Gasteiger partial charge in [0.05, 0.1) is 0 Å². The molecule has 92 valence electrons. The monoisotopic (exact) mass is 344 g/mol. The van der Waals surface area contributed by atoms with E-state index in [1.165, 1.54) is 4.88 Å². The van der Waals surface area contributed by atoms with Gasteiger partial charge >= 0.3 is 0 Å². The third-order valence-electron chi connectivity index (χ3n) is 2.53. The van der Waals surface area contributed by atoms with E-state index in [0.717, 1.165) is 35.0 Å². The minimum Gasteiger partial charge on any atom is -0.312 e. The van der Waals surface area contributed by atoms with Crippen LogP contribution in [-0.4, -0.2) is 30.6 Å². The van der Waals surface area contributed by atoms with E-state index in [0.29, 0.717) is 6.04 Å². The van der Waals surface area contributed by atoms with Crippen LogP contribution in [0.25, 0.3) is 0 Å². The van der Waals surface area contributed by atoms with Crippen LogP contribution in [0.1, 0.15) is 11.8 Å². The number of hydrogen-bond acceptors (Lipinski definition) is 3. The van der Waals surface area contributed by atoms with Crippen molar-refractivity contribution in [3.63, 3.8) is 0 Å². The molecule has 1 saturated heterocycles. The first-order valence-electron chi connectivity index (χ1n) is 5.04. The van der Waals surface area contributed by atoms with Crippen LogP contribution in [0.4, 0.5) is 0 Å². The molecule has 2 heterocycles. The lowest BCUT2D eigenvalue weighted by Gasteiger charge is -2.31. The predicted octanol–water partition coefficient (Wildman–Crippen LogP) is 3.38. The second-order valence-electron chi connectivity index (χ2n) is 3.92. The van der Waals surface area contributed by atoms with Gasteiger partial charge in [-0.3, -0.25) is 4.90 Å². The van der Waals surface area contributed by atoms with Gasteiger partial charge in [-0.1, -0.05) is 11.6 Å². The molecule has 6 heteroatoms. The van der Waals surface area contributed by atoms with Crippen molar-refractivity contribution < 1.29 is 0 Å². The molecule has 0 bridgehead atoms. The minimum absolute atomic E-state index is 0. The molecule has 1 aromatic heterocycles. The van der Waals surface area contributed by atoms with E-state index in [9.17, 15) is 0 Å². The predicted molar refractivity (Wildman–Crippen MR) is 77.0 cm³/mol. The number of halogens is 3. The van der Waals surface area contributed by atoms with E-state index in [1.54, 1.807) is 11.3 Å². The number of rotatable bonds is 2. The van der Waals surface area contributed by atoms with Crippen LogP contribution in [0.15, 0.2) is 10.5 Å². The summed E-state index contributed by atoms with van der Waals surface area (Å²) in [5.74, 6) is 0. The van der Waals surface area contributed by atoms with Gasteiger partial charge in [0.15, 0.2) is 0 Å². The van der Waals surface area contributed by atoms with Gasteiger partial charge < -0.3 is 5.32 Å². The van der Waals surface area contributed by atoms with Crippen LogP contribution in [0.2, 0.25) is 4.34 Å². The Morgan fingerprint density at radius 3 is 3.00 bits per heavy atom. The maximum atomic E-state index is 6.02. The molecule has 1 N–H and O–H groups in total. The van der Waals surface area contributed by atoms with Crippen LogP contribution >= 0.6 is 51.3 Å². The summed E-state index contributed by atoms with van der Waals surface area (Å²) < 4.78 is 1.88. The van der Waals surface area contributed by atoms with E-state index in [-0.39, 0.29) is 12.4 Å². The lowest BCUT2D eigenvalue weighted by Crippen LogP contribution is -2.48. The molecule has 0 aliphatic carbocycles. The van der Waals surface area contributed by atoms with Crippen LogP contribution in [0.5, 0.6) is 0 Å². The van der Waals surface area contributed by atoms with E-state index in [4.69, 9.17) is 11.6 Å². The third kappa shape index (κ3) is 3.86. The van der Waals surface area contributed by atoms with Gasteiger partial charge in [0.1, 0.15) is 4.34 Å². The summed E-state index contributed by atoms with van der Waals surface area (Å²) in [6.45, 7) is 6.57. The molecule has 0 saturated carbocycles. The maximum absolute atomic E-state index is 6.02. The number of thiophene rings is 1. The van der Waals surface area contributed by atoms with Crippen molar-refractivity contribution in [1.82, 2.24) is 10.2 Å². The van der Waals surface area contributed by atoms with E-state index in [1.807, 2.05) is 0 Å². The van der Waals surface area contributed by atoms with Crippen LogP contribution in [-0.2, 0) is 6.54 Å². The summed E-state index contributed by atoms with van der Waals surface area (Å²) in [5, 5.41) is 3.44. The first kappa shape index (κ1) is 14.7. The smallest absolute Gasteiger partial charge is 0.107 e. The largest absolute Gasteiger partial charge is 0.312 e. The van der Waals surface area contributed by atoms with Crippen molar-refractivity contribution in [3.8, 4) is 0 Å². The normalized spacial score (nSPS) is 21.8. The summed E-state index contributed by atoms with van der Waals surface area (Å²) in [7, 11) is 0. The number of nitrogens with zero attached hydrogens (tertiary/aromatic N) is 1. The molecule has 0 spiro atoms. The Bertz CT molecular complexity index is 326. The summed E-state index contributed by atoms with van der Waals surface area (Å²) in [6, 6.07) is 2.72. The Morgan fingerprint density at radius 1 is 1.69 bits per heavy atom. The first-order chi connectivity index (χ1) is 7.15. The van der Waals surface area contributed by atoms with Crippen molar-refractivity contribution in [2.45, 2.75) is 19.5 Å². The average molecular weight is 346 g/mol. The fraction of sp³-hybridized carbons (Fsp3) is 0.600. The summed E-state index contributed by atoms with van der Waals surface area (Å²) >= 11 is 11.1. The number of piperazine rings is 1. The molecule has 0 amide bonds. The van der Waals surface area contributed by atoms with Crippen molar-refractivity contribution in [2.75, 3.05) is 19.6 Å². The molecular weight excluding hydrogens is 331 g/mol. The van der Waals surface area contributed by atoms with E-state index >= 15 is 0 Å². The summed E-state index contributed by atoms with van der Waals surface area (Å²) in [5.41, 5.74) is 0. The standard InChI is InChI=1S/C10H14BrClN2S.ClH/c1-7-5-14(3-2-13-7)6-8-4-9(11)10(12)15-8;/h4,7,13H,2-3,5-6H2,1H3;1H/t7-;/m0./s1. The van der Waals surface area contributed by atoms with Gasteiger partial charge in [0.25, 0.3) is 0 Å². The molecule has 1 aromatic rings. The van der Waals surface area contributed by atoms with Crippen molar-refractivity contribution >= 4 is 51.3 Å². The maximum Gasteiger partial charge on any atom is 0.107 e. The zero-order chi connectivity index (χ0) is 10.8. The SMILES string of the molecule is C[C@H]1CN(Cc2cc(Br)c(Cl)s2)CCN1.Cl. The molecule has 16 heavy (non-hydrogen) atoms. The van der Waals surface area contributed by atoms with Crippen LogP contribution < -0.4 is 5.32 Å². The highest BCUT2D eigenvalue weighted by Crippen LogP contribution is 2.32. The molecule has 0 radical (unpaired) electrons. The van der Waals surface area contributed by atoms with Crippen molar-refractivity contribution in [1.29, 1.82) is 0 Å². The summed E-state index contributed by atoms with van der Waals surface area (Å²) in [6.07, 6.45) is 0. The number of hydrogen-bond donors (Lipinski definition) is 1. The first-order valence-corrected chi connectivity index (χ1v) is 7.03. The molecule has 2 rings (SSSR count). The molecule has 1 aliphatic rings. The molecular formula is C10H15BrCl2N2S. The highest BCUT2D eigenvalue weighted by molar-refractivity contribution is 9.10. The zero-order valence-electron chi connectivity index (χ0n) is 9.00. The molecule has 1 atom stereocenters. The molecule has 2 nitrogen and oxygen atoms in total. The Balaban J connectivity index is 0.00000128. The van der Waals surface area contributed by atoms with Gasteiger partial charge in [-0.05, 0) is 28.9 Å². The van der Waals surface area contributed by atoms with Crippen molar-refractivity contribution in [2.24, 2.45) is 0 Å². The van der Waals surface area contributed by atoms with Crippen molar-refractivity contribution in [3.05, 3.63) is 19.8 Å². The lowest BCUT2D eigenvalue weighted by atomic mass is 10.2. The Morgan fingerprint density at radius 2 is 2.44 bits per heavy atom. The van der Waals surface area contributed by atoms with Gasteiger partial charge in [0.2, 0.25) is 0 Å². The van der Waals surface area contributed by atoms with Gasteiger partial charge in [-0.2, -0.15) is 0 Å². The minimum atomic E-state index is 0. The molecule has 1 fully saturated rings. The van der Waals surface area contributed by atoms with Gasteiger partial charge in [-0.25, -0.2) is 0 Å². The fourth-order valence-corrected chi connectivity index (χ4v) is 3.68. The Labute approximate surface area is 120 Å². The second kappa shape index (κ2) is 6.57. The topological polar surface area (TPSA) is 15.3 Å². The lowest BCUT2D eigenvalue weighted by molar-refractivity contribution is 0.201. The molecule has 0 aromatic carbocycles. The quantitative estimate of drug-likeness (QED) is 0.883. The van der Waals surface area contributed by atoms with Gasteiger partial charge in [0, 0.05) is 41.6 Å². The zero-order valence-corrected chi connectivity index (χ0v) is 13.0. The second-order valence-corrected chi connectivity index (χ2v) is 6.52. The van der Waals surface area contributed by atoms with Gasteiger partial charge in [-0.15, -0.1) is 23.7 Å². The third-order valence-corrected chi connectivity index (χ3v) is 4.99. The van der Waals surface area contributed by atoms with E-state index < -0.39 is 0 Å². The Hall–Kier alpha value is 0.680.